The molecule has 0 aliphatic carbocycles. The van der Waals surface area contributed by atoms with Gasteiger partial charge in [0.05, 0.1) is 11.3 Å². The Balaban J connectivity index is 1.83. The van der Waals surface area contributed by atoms with Crippen LogP contribution in [-0.2, 0) is 6.18 Å². The molecule has 0 bridgehead atoms. The minimum absolute atomic E-state index is 0.0169. The molecular weight excluding hydrogens is 283 g/mol. The molecule has 1 aromatic rings. The van der Waals surface area contributed by atoms with Crippen LogP contribution in [0.25, 0.3) is 0 Å². The maximum Gasteiger partial charge on any atom is 0.416 e. The summed E-state index contributed by atoms with van der Waals surface area (Å²) in [4.78, 5) is 4.52. The molecule has 0 saturated carbocycles. The first kappa shape index (κ1) is 15.9. The van der Waals surface area contributed by atoms with Gasteiger partial charge in [0.2, 0.25) is 0 Å². The van der Waals surface area contributed by atoms with E-state index in [1.807, 2.05) is 0 Å². The van der Waals surface area contributed by atoms with Crippen molar-refractivity contribution in [1.82, 2.24) is 9.80 Å². The second-order valence-corrected chi connectivity index (χ2v) is 5.24. The van der Waals surface area contributed by atoms with Crippen LogP contribution >= 0.6 is 0 Å². The second kappa shape index (κ2) is 6.53. The van der Waals surface area contributed by atoms with Crippen molar-refractivity contribution in [3.63, 3.8) is 0 Å². The second-order valence-electron chi connectivity index (χ2n) is 5.24. The number of nitrogens with two attached hydrogens (primary N) is 1. The molecule has 0 amide bonds. The van der Waals surface area contributed by atoms with Gasteiger partial charge in [-0.25, -0.2) is 0 Å². The Kier molecular flexibility index (Phi) is 4.95. The molecule has 1 aliphatic rings. The number of hydrogen-bond donors (Lipinski definition) is 1. The van der Waals surface area contributed by atoms with E-state index in [9.17, 15) is 13.2 Å². The summed E-state index contributed by atoms with van der Waals surface area (Å²) in [5, 5.41) is 0. The highest BCUT2D eigenvalue weighted by molar-refractivity contribution is 5.54. The highest BCUT2D eigenvalue weighted by Crippen LogP contribution is 2.33. The van der Waals surface area contributed by atoms with Crippen molar-refractivity contribution >= 4 is 5.69 Å². The summed E-state index contributed by atoms with van der Waals surface area (Å²) in [5.41, 5.74) is 4.87. The number of benzene rings is 1. The molecule has 1 aromatic carbocycles. The van der Waals surface area contributed by atoms with Crippen LogP contribution < -0.4 is 10.5 Å². The Bertz CT molecular complexity index is 471. The number of anilines is 1. The maximum atomic E-state index is 12.5. The zero-order valence-corrected chi connectivity index (χ0v) is 12.0. The van der Waals surface area contributed by atoms with E-state index in [0.717, 1.165) is 44.9 Å². The maximum absolute atomic E-state index is 12.5. The van der Waals surface area contributed by atoms with Gasteiger partial charge in [0, 0.05) is 32.7 Å². The number of nitrogens with zero attached hydrogens (tertiary/aromatic N) is 2. The van der Waals surface area contributed by atoms with Crippen molar-refractivity contribution in [3.8, 4) is 5.75 Å². The lowest BCUT2D eigenvalue weighted by Crippen LogP contribution is -2.45. The summed E-state index contributed by atoms with van der Waals surface area (Å²) in [6, 6.07) is 3.18. The molecule has 7 heteroatoms. The van der Waals surface area contributed by atoms with Crippen LogP contribution in [0.1, 0.15) is 5.56 Å². The minimum atomic E-state index is -4.38. The fraction of sp³-hybridized carbons (Fsp3) is 0.571. The molecule has 1 aliphatic heterocycles. The van der Waals surface area contributed by atoms with E-state index >= 15 is 0 Å². The van der Waals surface area contributed by atoms with Gasteiger partial charge in [-0.05, 0) is 25.2 Å². The highest BCUT2D eigenvalue weighted by atomic mass is 19.4. The number of rotatable bonds is 4. The minimum Gasteiger partial charge on any atom is -0.490 e. The standard InChI is InChI=1S/C14H20F3N3O/c1-19-4-6-20(7-5-19)8-9-21-13-3-2-11(10-12(13)18)14(15,16)17/h2-3,10H,4-9,18H2,1H3. The Morgan fingerprint density at radius 3 is 2.43 bits per heavy atom. The molecule has 1 saturated heterocycles. The lowest BCUT2D eigenvalue weighted by molar-refractivity contribution is -0.137. The van der Waals surface area contributed by atoms with Gasteiger partial charge in [-0.15, -0.1) is 0 Å². The number of hydrogen-bond acceptors (Lipinski definition) is 4. The molecule has 0 atom stereocenters. The number of likely N-dealkylation sites (N-methyl/N-ethyl adjacent to an activating group) is 1. The summed E-state index contributed by atoms with van der Waals surface area (Å²) in [5.74, 6) is 0.303. The van der Waals surface area contributed by atoms with Crippen LogP contribution in [0.3, 0.4) is 0 Å². The summed E-state index contributed by atoms with van der Waals surface area (Å²) < 4.78 is 43.0. The zero-order chi connectivity index (χ0) is 15.5. The van der Waals surface area contributed by atoms with Crippen LogP contribution in [0.2, 0.25) is 0 Å². The largest absolute Gasteiger partial charge is 0.490 e. The van der Waals surface area contributed by atoms with Crippen LogP contribution in [0, 0.1) is 0 Å². The first-order valence-electron chi connectivity index (χ1n) is 6.86. The van der Waals surface area contributed by atoms with Gasteiger partial charge in [0.25, 0.3) is 0 Å². The molecular formula is C14H20F3N3O. The van der Waals surface area contributed by atoms with Gasteiger partial charge < -0.3 is 15.4 Å². The Morgan fingerprint density at radius 2 is 1.86 bits per heavy atom. The molecule has 0 unspecified atom stereocenters. The molecule has 21 heavy (non-hydrogen) atoms. The van der Waals surface area contributed by atoms with Crippen LogP contribution in [0.5, 0.6) is 5.75 Å². The fourth-order valence-corrected chi connectivity index (χ4v) is 2.21. The molecule has 4 nitrogen and oxygen atoms in total. The van der Waals surface area contributed by atoms with Gasteiger partial charge in [-0.3, -0.25) is 4.90 Å². The topological polar surface area (TPSA) is 41.7 Å². The lowest BCUT2D eigenvalue weighted by Gasteiger charge is -2.32. The smallest absolute Gasteiger partial charge is 0.416 e. The third-order valence-electron chi connectivity index (χ3n) is 3.60. The van der Waals surface area contributed by atoms with Crippen molar-refractivity contribution < 1.29 is 17.9 Å². The van der Waals surface area contributed by atoms with Crippen molar-refractivity contribution in [1.29, 1.82) is 0 Å². The highest BCUT2D eigenvalue weighted by Gasteiger charge is 2.30. The number of nitrogen functional groups attached to an aromatic ring is 1. The van der Waals surface area contributed by atoms with Gasteiger partial charge >= 0.3 is 6.18 Å². The fourth-order valence-electron chi connectivity index (χ4n) is 2.21. The number of alkyl halides is 3. The van der Waals surface area contributed by atoms with E-state index in [2.05, 4.69) is 16.8 Å². The Hall–Kier alpha value is -1.47. The predicted molar refractivity (Wildman–Crippen MR) is 75.3 cm³/mol. The van der Waals surface area contributed by atoms with Gasteiger partial charge in [-0.2, -0.15) is 13.2 Å². The Morgan fingerprint density at radius 1 is 1.19 bits per heavy atom. The van der Waals surface area contributed by atoms with Crippen molar-refractivity contribution in [2.24, 2.45) is 0 Å². The summed E-state index contributed by atoms with van der Waals surface area (Å²) in [6.45, 7) is 5.14. The SMILES string of the molecule is CN1CCN(CCOc2ccc(C(F)(F)F)cc2N)CC1. The molecule has 0 radical (unpaired) electrons. The monoisotopic (exact) mass is 303 g/mol. The van der Waals surface area contributed by atoms with Crippen LogP contribution in [0.15, 0.2) is 18.2 Å². The molecule has 2 N–H and O–H groups in total. The molecule has 0 spiro atoms. The van der Waals surface area contributed by atoms with Gasteiger partial charge in [0.1, 0.15) is 12.4 Å². The van der Waals surface area contributed by atoms with Gasteiger partial charge in [-0.1, -0.05) is 0 Å². The van der Waals surface area contributed by atoms with Crippen molar-refractivity contribution in [2.45, 2.75) is 6.18 Å². The molecule has 1 fully saturated rings. The van der Waals surface area contributed by atoms with Crippen molar-refractivity contribution in [2.75, 3.05) is 52.1 Å². The quantitative estimate of drug-likeness (QED) is 0.863. The average molecular weight is 303 g/mol. The average Bonchev–Trinajstić information content (AvgIpc) is 2.41. The van der Waals surface area contributed by atoms with Crippen LogP contribution in [0.4, 0.5) is 18.9 Å². The number of halogens is 3. The van der Waals surface area contributed by atoms with E-state index < -0.39 is 11.7 Å². The van der Waals surface area contributed by atoms with E-state index in [0.29, 0.717) is 12.4 Å². The first-order chi connectivity index (χ1) is 9.86. The predicted octanol–water partition coefficient (Wildman–Crippen LogP) is 1.91. The van der Waals surface area contributed by atoms with E-state index in [4.69, 9.17) is 10.5 Å². The van der Waals surface area contributed by atoms with Crippen LogP contribution in [-0.4, -0.2) is 56.2 Å². The third-order valence-corrected chi connectivity index (χ3v) is 3.60. The zero-order valence-electron chi connectivity index (χ0n) is 12.0. The first-order valence-corrected chi connectivity index (χ1v) is 6.86. The van der Waals surface area contributed by atoms with E-state index in [1.165, 1.54) is 6.07 Å². The molecule has 0 aromatic heterocycles. The number of piperazine rings is 1. The van der Waals surface area contributed by atoms with Gasteiger partial charge in [0.15, 0.2) is 0 Å². The number of ether oxygens (including phenoxy) is 1. The normalized spacial score (nSPS) is 17.9. The molecule has 118 valence electrons. The molecule has 2 rings (SSSR count). The summed E-state index contributed by atoms with van der Waals surface area (Å²) in [7, 11) is 2.08. The molecule has 1 heterocycles. The summed E-state index contributed by atoms with van der Waals surface area (Å²) >= 11 is 0. The third kappa shape index (κ3) is 4.50. The van der Waals surface area contributed by atoms with E-state index in [1.54, 1.807) is 0 Å². The Labute approximate surface area is 122 Å². The van der Waals surface area contributed by atoms with Crippen molar-refractivity contribution in [3.05, 3.63) is 23.8 Å². The summed E-state index contributed by atoms with van der Waals surface area (Å²) in [6.07, 6.45) is -4.38. The van der Waals surface area contributed by atoms with E-state index in [-0.39, 0.29) is 5.69 Å². The lowest BCUT2D eigenvalue weighted by atomic mass is 10.2.